The number of methoxy groups -OCH3 is 1. The number of rotatable bonds is 5. The predicted octanol–water partition coefficient (Wildman–Crippen LogP) is 0.960. The van der Waals surface area contributed by atoms with Gasteiger partial charge in [-0.2, -0.15) is 0 Å². The molecule has 7 heteroatoms. The number of esters is 2. The third-order valence-electron chi connectivity index (χ3n) is 3.07. The molecule has 0 aliphatic carbocycles. The molecule has 2 aromatic rings. The molecule has 1 atom stereocenters. The fraction of sp³-hybridized carbons (Fsp3) is 0.333. The fourth-order valence-electron chi connectivity index (χ4n) is 1.94. The normalized spacial score (nSPS) is 11.9. The lowest BCUT2D eigenvalue weighted by Gasteiger charge is -2.10. The Hall–Kier alpha value is -2.70. The number of aryl methyl sites for hydroxylation is 1. The van der Waals surface area contributed by atoms with Crippen LogP contribution in [0, 0.1) is 0 Å². The molecule has 0 aliphatic rings. The second-order valence-electron chi connectivity index (χ2n) is 4.69. The van der Waals surface area contributed by atoms with E-state index in [1.807, 2.05) is 0 Å². The molecule has 1 aromatic carbocycles. The summed E-state index contributed by atoms with van der Waals surface area (Å²) in [6.07, 6.45) is -0.740. The molecule has 0 radical (unpaired) electrons. The van der Waals surface area contributed by atoms with Gasteiger partial charge in [0.2, 0.25) is 0 Å². The van der Waals surface area contributed by atoms with Crippen LogP contribution in [0.1, 0.15) is 19.2 Å². The average molecular weight is 304 g/mol. The van der Waals surface area contributed by atoms with Crippen LogP contribution in [0.3, 0.4) is 0 Å². The van der Waals surface area contributed by atoms with E-state index in [1.54, 1.807) is 24.3 Å². The lowest BCUT2D eigenvalue weighted by atomic mass is 10.2. The monoisotopic (exact) mass is 304 g/mol. The number of ether oxygens (including phenoxy) is 2. The Bertz CT molecular complexity index is 753. The lowest BCUT2D eigenvalue weighted by Crippen LogP contribution is -2.25. The minimum absolute atomic E-state index is 0.00259. The molecule has 1 unspecified atom stereocenters. The number of hydrogen-bond donors (Lipinski definition) is 1. The number of H-pyrrole nitrogens is 1. The first-order chi connectivity index (χ1) is 10.5. The molecule has 22 heavy (non-hydrogen) atoms. The van der Waals surface area contributed by atoms with Crippen molar-refractivity contribution in [3.63, 3.8) is 0 Å². The molecular formula is C15H16N2O5. The largest absolute Gasteiger partial charge is 0.466 e. The first kappa shape index (κ1) is 15.7. The van der Waals surface area contributed by atoms with Crippen LogP contribution in [0.5, 0.6) is 0 Å². The van der Waals surface area contributed by atoms with Crippen LogP contribution in [0.25, 0.3) is 10.9 Å². The molecule has 0 amide bonds. The Morgan fingerprint density at radius 2 is 2.05 bits per heavy atom. The van der Waals surface area contributed by atoms with Crippen LogP contribution in [-0.2, 0) is 25.5 Å². The van der Waals surface area contributed by atoms with Crippen molar-refractivity contribution in [1.29, 1.82) is 0 Å². The Kier molecular flexibility index (Phi) is 4.88. The van der Waals surface area contributed by atoms with Crippen molar-refractivity contribution in [2.45, 2.75) is 25.9 Å². The van der Waals surface area contributed by atoms with E-state index in [-0.39, 0.29) is 18.4 Å². The minimum atomic E-state index is -0.957. The van der Waals surface area contributed by atoms with E-state index in [0.717, 1.165) is 0 Å². The van der Waals surface area contributed by atoms with Crippen molar-refractivity contribution in [3.05, 3.63) is 40.4 Å². The molecule has 1 heterocycles. The molecule has 0 aliphatic heterocycles. The van der Waals surface area contributed by atoms with E-state index in [1.165, 1.54) is 14.0 Å². The first-order valence-electron chi connectivity index (χ1n) is 6.76. The van der Waals surface area contributed by atoms with Gasteiger partial charge >= 0.3 is 11.9 Å². The molecule has 2 rings (SSSR count). The summed E-state index contributed by atoms with van der Waals surface area (Å²) in [4.78, 5) is 41.6. The van der Waals surface area contributed by atoms with Gasteiger partial charge in [-0.25, -0.2) is 9.78 Å². The molecule has 7 nitrogen and oxygen atoms in total. The number of nitrogens with zero attached hydrogens (tertiary/aromatic N) is 1. The van der Waals surface area contributed by atoms with Crippen LogP contribution in [-0.4, -0.2) is 35.1 Å². The van der Waals surface area contributed by atoms with Gasteiger partial charge in [0.1, 0.15) is 5.82 Å². The van der Waals surface area contributed by atoms with Crippen LogP contribution in [0.4, 0.5) is 0 Å². The van der Waals surface area contributed by atoms with Crippen LogP contribution < -0.4 is 5.56 Å². The summed E-state index contributed by atoms with van der Waals surface area (Å²) in [6, 6.07) is 6.94. The predicted molar refractivity (Wildman–Crippen MR) is 78.3 cm³/mol. The zero-order valence-electron chi connectivity index (χ0n) is 12.3. The number of nitrogens with one attached hydrogen (secondary N) is 1. The van der Waals surface area contributed by atoms with E-state index in [9.17, 15) is 14.4 Å². The Morgan fingerprint density at radius 1 is 1.32 bits per heavy atom. The quantitative estimate of drug-likeness (QED) is 0.826. The fourth-order valence-corrected chi connectivity index (χ4v) is 1.94. The van der Waals surface area contributed by atoms with Gasteiger partial charge in [-0.3, -0.25) is 9.59 Å². The van der Waals surface area contributed by atoms with Crippen LogP contribution in [0.2, 0.25) is 0 Å². The summed E-state index contributed by atoms with van der Waals surface area (Å²) < 4.78 is 9.37. The second kappa shape index (κ2) is 6.84. The summed E-state index contributed by atoms with van der Waals surface area (Å²) in [6.45, 7) is 1.43. The van der Waals surface area contributed by atoms with E-state index in [2.05, 4.69) is 14.7 Å². The van der Waals surface area contributed by atoms with Crippen molar-refractivity contribution < 1.29 is 19.1 Å². The number of hydrogen-bond acceptors (Lipinski definition) is 6. The maximum absolute atomic E-state index is 11.9. The van der Waals surface area contributed by atoms with Gasteiger partial charge in [0, 0.05) is 6.42 Å². The van der Waals surface area contributed by atoms with E-state index < -0.39 is 18.0 Å². The van der Waals surface area contributed by atoms with Gasteiger partial charge in [-0.15, -0.1) is 0 Å². The lowest BCUT2D eigenvalue weighted by molar-refractivity contribution is -0.164. The second-order valence-corrected chi connectivity index (χ2v) is 4.69. The molecule has 0 bridgehead atoms. The number of aromatic nitrogens is 2. The topological polar surface area (TPSA) is 98.3 Å². The van der Waals surface area contributed by atoms with Crippen molar-refractivity contribution >= 4 is 22.8 Å². The van der Waals surface area contributed by atoms with Crippen molar-refractivity contribution in [2.24, 2.45) is 0 Å². The van der Waals surface area contributed by atoms with Gasteiger partial charge in [0.25, 0.3) is 5.56 Å². The zero-order valence-corrected chi connectivity index (χ0v) is 12.3. The highest BCUT2D eigenvalue weighted by Crippen LogP contribution is 2.07. The molecule has 116 valence electrons. The standard InChI is InChI=1S/C15H16N2O5/c1-9(15(20)21-2)22-13(18)8-7-12-16-11-6-4-3-5-10(11)14(19)17-12/h3-6,9H,7-8H2,1-2H3,(H,16,17,19). The summed E-state index contributed by atoms with van der Waals surface area (Å²) in [5, 5.41) is 0.494. The van der Waals surface area contributed by atoms with Crippen LogP contribution >= 0.6 is 0 Å². The molecular weight excluding hydrogens is 288 g/mol. The van der Waals surface area contributed by atoms with E-state index in [4.69, 9.17) is 4.74 Å². The van der Waals surface area contributed by atoms with E-state index >= 15 is 0 Å². The molecule has 0 spiro atoms. The molecule has 0 saturated heterocycles. The van der Waals surface area contributed by atoms with Gasteiger partial charge in [-0.05, 0) is 19.1 Å². The number of benzene rings is 1. The van der Waals surface area contributed by atoms with Gasteiger partial charge in [-0.1, -0.05) is 12.1 Å². The molecule has 1 N–H and O–H groups in total. The van der Waals surface area contributed by atoms with Crippen molar-refractivity contribution in [2.75, 3.05) is 7.11 Å². The Balaban J connectivity index is 2.01. The molecule has 0 fully saturated rings. The van der Waals surface area contributed by atoms with Gasteiger partial charge in [0.15, 0.2) is 6.10 Å². The highest BCUT2D eigenvalue weighted by molar-refractivity contribution is 5.79. The summed E-state index contributed by atoms with van der Waals surface area (Å²) in [5.74, 6) is -0.786. The number of carbonyl (C=O) groups excluding carboxylic acids is 2. The van der Waals surface area contributed by atoms with E-state index in [0.29, 0.717) is 16.7 Å². The van der Waals surface area contributed by atoms with Crippen LogP contribution in [0.15, 0.2) is 29.1 Å². The highest BCUT2D eigenvalue weighted by Gasteiger charge is 2.18. The summed E-state index contributed by atoms with van der Waals surface area (Å²) >= 11 is 0. The smallest absolute Gasteiger partial charge is 0.346 e. The Morgan fingerprint density at radius 3 is 2.77 bits per heavy atom. The minimum Gasteiger partial charge on any atom is -0.466 e. The molecule has 1 aromatic heterocycles. The maximum atomic E-state index is 11.9. The van der Waals surface area contributed by atoms with Gasteiger partial charge < -0.3 is 14.5 Å². The number of carbonyl (C=O) groups is 2. The number of aromatic amines is 1. The molecule has 0 saturated carbocycles. The SMILES string of the molecule is COC(=O)C(C)OC(=O)CCc1nc2ccccc2c(=O)[nH]1. The summed E-state index contributed by atoms with van der Waals surface area (Å²) in [7, 11) is 1.22. The highest BCUT2D eigenvalue weighted by atomic mass is 16.6. The van der Waals surface area contributed by atoms with Crippen molar-refractivity contribution in [3.8, 4) is 0 Å². The van der Waals surface area contributed by atoms with Gasteiger partial charge in [0.05, 0.1) is 24.4 Å². The maximum Gasteiger partial charge on any atom is 0.346 e. The third kappa shape index (κ3) is 3.69. The third-order valence-corrected chi connectivity index (χ3v) is 3.07. The average Bonchev–Trinajstić information content (AvgIpc) is 2.52. The first-order valence-corrected chi connectivity index (χ1v) is 6.76. The summed E-state index contributed by atoms with van der Waals surface area (Å²) in [5.41, 5.74) is 0.314. The number of fused-ring (bicyclic) bond motifs is 1. The number of para-hydroxylation sites is 1. The zero-order chi connectivity index (χ0) is 16.1. The Labute approximate surface area is 126 Å². The van der Waals surface area contributed by atoms with Crippen molar-refractivity contribution in [1.82, 2.24) is 9.97 Å².